The summed E-state index contributed by atoms with van der Waals surface area (Å²) in [6.07, 6.45) is 3.43. The first-order chi connectivity index (χ1) is 13.8. The molecule has 1 saturated heterocycles. The first kappa shape index (κ1) is 23.8. The fraction of sp³-hybridized carbons (Fsp3) is 0.650. The molecule has 1 aromatic carbocycles. The monoisotopic (exact) mass is 521 g/mol. The minimum Gasteiger partial charge on any atom is -0.492 e. The number of nitrogens with one attached hydrogen (secondary N) is 2. The van der Waals surface area contributed by atoms with Crippen LogP contribution in [0.1, 0.15) is 26.2 Å². The Kier molecular flexibility index (Phi) is 11.3. The summed E-state index contributed by atoms with van der Waals surface area (Å²) < 4.78 is 27.6. The molecule has 1 unspecified atom stereocenters. The van der Waals surface area contributed by atoms with Gasteiger partial charge in [-0.1, -0.05) is 0 Å². The van der Waals surface area contributed by atoms with Crippen molar-refractivity contribution in [3.05, 3.63) is 18.2 Å². The zero-order valence-electron chi connectivity index (χ0n) is 17.0. The maximum atomic E-state index is 5.75. The van der Waals surface area contributed by atoms with Gasteiger partial charge in [0.05, 0.1) is 19.3 Å². The van der Waals surface area contributed by atoms with Gasteiger partial charge < -0.3 is 34.3 Å². The highest BCUT2D eigenvalue weighted by molar-refractivity contribution is 14.0. The Morgan fingerprint density at radius 2 is 2.10 bits per heavy atom. The van der Waals surface area contributed by atoms with Crippen LogP contribution in [-0.2, 0) is 9.47 Å². The standard InChI is InChI=1S/C20H31N3O5.HI/c1-2-21-20(22-8-4-10-24-14-17-5-3-11-25-17)23-9-12-26-16-6-7-18-19(13-16)28-15-27-18;/h6-7,13,17H,2-5,8-12,14-15H2,1H3,(H2,21,22,23);1H. The van der Waals surface area contributed by atoms with Crippen molar-refractivity contribution < 1.29 is 23.7 Å². The van der Waals surface area contributed by atoms with Crippen molar-refractivity contribution in [2.24, 2.45) is 4.99 Å². The van der Waals surface area contributed by atoms with Crippen LogP contribution in [0, 0.1) is 0 Å². The number of hydrogen-bond acceptors (Lipinski definition) is 6. The Bertz CT molecular complexity index is 626. The summed E-state index contributed by atoms with van der Waals surface area (Å²) in [7, 11) is 0. The third kappa shape index (κ3) is 8.43. The van der Waals surface area contributed by atoms with Gasteiger partial charge in [0.2, 0.25) is 6.79 Å². The van der Waals surface area contributed by atoms with Crippen molar-refractivity contribution in [3.8, 4) is 17.2 Å². The van der Waals surface area contributed by atoms with Crippen LogP contribution in [0.4, 0.5) is 0 Å². The highest BCUT2D eigenvalue weighted by Crippen LogP contribution is 2.34. The summed E-state index contributed by atoms with van der Waals surface area (Å²) in [6.45, 7) is 7.27. The van der Waals surface area contributed by atoms with E-state index < -0.39 is 0 Å². The molecule has 2 N–H and O–H groups in total. The molecule has 0 aliphatic carbocycles. The minimum absolute atomic E-state index is 0. The zero-order valence-corrected chi connectivity index (χ0v) is 19.3. The number of fused-ring (bicyclic) bond motifs is 1. The van der Waals surface area contributed by atoms with Crippen molar-refractivity contribution in [1.82, 2.24) is 10.6 Å². The van der Waals surface area contributed by atoms with Gasteiger partial charge in [0, 0.05) is 32.4 Å². The number of ether oxygens (including phenoxy) is 5. The average Bonchev–Trinajstić information content (AvgIpc) is 3.39. The fourth-order valence-corrected chi connectivity index (χ4v) is 2.99. The summed E-state index contributed by atoms with van der Waals surface area (Å²) >= 11 is 0. The molecule has 2 aliphatic heterocycles. The second kappa shape index (κ2) is 13.7. The van der Waals surface area contributed by atoms with E-state index in [-0.39, 0.29) is 36.9 Å². The summed E-state index contributed by atoms with van der Waals surface area (Å²) in [5.41, 5.74) is 0. The molecule has 1 fully saturated rings. The van der Waals surface area contributed by atoms with E-state index in [1.165, 1.54) is 0 Å². The predicted molar refractivity (Wildman–Crippen MR) is 122 cm³/mol. The molecule has 0 aromatic heterocycles. The van der Waals surface area contributed by atoms with Gasteiger partial charge in [-0.15, -0.1) is 24.0 Å². The lowest BCUT2D eigenvalue weighted by Crippen LogP contribution is -2.39. The van der Waals surface area contributed by atoms with Crippen LogP contribution in [0.5, 0.6) is 17.2 Å². The maximum absolute atomic E-state index is 5.75. The predicted octanol–water partition coefficient (Wildman–Crippen LogP) is 2.55. The van der Waals surface area contributed by atoms with E-state index in [1.807, 2.05) is 25.1 Å². The number of benzene rings is 1. The van der Waals surface area contributed by atoms with Crippen LogP contribution in [0.3, 0.4) is 0 Å². The molecule has 1 aromatic rings. The second-order valence-corrected chi connectivity index (χ2v) is 6.61. The Labute approximate surface area is 189 Å². The van der Waals surface area contributed by atoms with Gasteiger partial charge in [0.25, 0.3) is 0 Å². The molecule has 2 heterocycles. The number of guanidine groups is 1. The Morgan fingerprint density at radius 3 is 2.93 bits per heavy atom. The molecule has 29 heavy (non-hydrogen) atoms. The number of aliphatic imine (C=N–C) groups is 1. The van der Waals surface area contributed by atoms with Crippen molar-refractivity contribution in [1.29, 1.82) is 0 Å². The molecule has 1 atom stereocenters. The van der Waals surface area contributed by atoms with Crippen LogP contribution in [0.25, 0.3) is 0 Å². The van der Waals surface area contributed by atoms with Gasteiger partial charge in [-0.05, 0) is 38.3 Å². The largest absolute Gasteiger partial charge is 0.492 e. The lowest BCUT2D eigenvalue weighted by molar-refractivity contribution is 0.0171. The molecule has 0 bridgehead atoms. The Balaban J connectivity index is 0.00000300. The molecule has 2 aliphatic rings. The van der Waals surface area contributed by atoms with E-state index in [0.717, 1.165) is 55.6 Å². The number of halogens is 1. The van der Waals surface area contributed by atoms with E-state index in [2.05, 4.69) is 15.6 Å². The number of nitrogens with zero attached hydrogens (tertiary/aromatic N) is 1. The van der Waals surface area contributed by atoms with Crippen molar-refractivity contribution in [2.45, 2.75) is 32.3 Å². The van der Waals surface area contributed by atoms with E-state index in [1.54, 1.807) is 0 Å². The van der Waals surface area contributed by atoms with Crippen molar-refractivity contribution in [2.75, 3.05) is 52.9 Å². The van der Waals surface area contributed by atoms with Gasteiger partial charge in [-0.3, -0.25) is 4.99 Å². The van der Waals surface area contributed by atoms with Crippen molar-refractivity contribution in [3.63, 3.8) is 0 Å². The first-order valence-corrected chi connectivity index (χ1v) is 10.1. The smallest absolute Gasteiger partial charge is 0.231 e. The van der Waals surface area contributed by atoms with Gasteiger partial charge in [-0.2, -0.15) is 0 Å². The lowest BCUT2D eigenvalue weighted by atomic mass is 10.2. The Morgan fingerprint density at radius 1 is 1.21 bits per heavy atom. The average molecular weight is 521 g/mol. The molecule has 8 nitrogen and oxygen atoms in total. The van der Waals surface area contributed by atoms with Crippen LogP contribution in [-0.4, -0.2) is 64.9 Å². The quantitative estimate of drug-likeness (QED) is 0.201. The van der Waals surface area contributed by atoms with Crippen LogP contribution < -0.4 is 24.8 Å². The van der Waals surface area contributed by atoms with Gasteiger partial charge in [0.15, 0.2) is 17.5 Å². The normalized spacial score (nSPS) is 17.7. The molecule has 3 rings (SSSR count). The molecular weight excluding hydrogens is 489 g/mol. The van der Waals surface area contributed by atoms with Gasteiger partial charge in [0.1, 0.15) is 12.4 Å². The Hall–Kier alpha value is -1.46. The van der Waals surface area contributed by atoms with E-state index in [4.69, 9.17) is 23.7 Å². The number of hydrogen-bond donors (Lipinski definition) is 2. The molecular formula is C20H32IN3O5. The molecule has 0 spiro atoms. The van der Waals surface area contributed by atoms with Gasteiger partial charge in [-0.25, -0.2) is 0 Å². The third-order valence-electron chi connectivity index (χ3n) is 4.40. The molecule has 9 heteroatoms. The molecule has 0 saturated carbocycles. The van der Waals surface area contributed by atoms with Gasteiger partial charge >= 0.3 is 0 Å². The van der Waals surface area contributed by atoms with Crippen LogP contribution >= 0.6 is 24.0 Å². The van der Waals surface area contributed by atoms with Crippen molar-refractivity contribution >= 4 is 29.9 Å². The summed E-state index contributed by atoms with van der Waals surface area (Å²) in [6, 6.07) is 5.58. The molecule has 164 valence electrons. The van der Waals surface area contributed by atoms with E-state index in [9.17, 15) is 0 Å². The minimum atomic E-state index is 0. The zero-order chi connectivity index (χ0) is 19.4. The topological polar surface area (TPSA) is 82.6 Å². The SMILES string of the molecule is CCNC(=NCCCOCC1CCCO1)NCCOc1ccc2c(c1)OCO2.I. The highest BCUT2D eigenvalue weighted by Gasteiger charge is 2.15. The van der Waals surface area contributed by atoms with E-state index >= 15 is 0 Å². The fourth-order valence-electron chi connectivity index (χ4n) is 2.99. The lowest BCUT2D eigenvalue weighted by Gasteiger charge is -2.12. The maximum Gasteiger partial charge on any atom is 0.231 e. The summed E-state index contributed by atoms with van der Waals surface area (Å²) in [5, 5.41) is 6.51. The first-order valence-electron chi connectivity index (χ1n) is 10.1. The third-order valence-corrected chi connectivity index (χ3v) is 4.40. The molecule has 0 radical (unpaired) electrons. The second-order valence-electron chi connectivity index (χ2n) is 6.61. The van der Waals surface area contributed by atoms with Crippen LogP contribution in [0.2, 0.25) is 0 Å². The highest BCUT2D eigenvalue weighted by atomic mass is 127. The van der Waals surface area contributed by atoms with E-state index in [0.29, 0.717) is 32.9 Å². The molecule has 0 amide bonds. The van der Waals surface area contributed by atoms with Crippen LogP contribution in [0.15, 0.2) is 23.2 Å². The summed E-state index contributed by atoms with van der Waals surface area (Å²) in [5.74, 6) is 3.03. The summed E-state index contributed by atoms with van der Waals surface area (Å²) in [4.78, 5) is 4.57. The number of rotatable bonds is 11.